The Kier molecular flexibility index (Phi) is 13.2. The molecular weight excluding hydrogens is 527 g/mol. The molecule has 0 saturated carbocycles. The van der Waals surface area contributed by atoms with Gasteiger partial charge in [-0.3, -0.25) is 9.59 Å². The Hall–Kier alpha value is -2.90. The van der Waals surface area contributed by atoms with E-state index in [0.29, 0.717) is 38.1 Å². The van der Waals surface area contributed by atoms with E-state index < -0.39 is 0 Å². The van der Waals surface area contributed by atoms with Gasteiger partial charge >= 0.3 is 11.9 Å². The fourth-order valence-corrected chi connectivity index (χ4v) is 3.33. The van der Waals surface area contributed by atoms with Crippen molar-refractivity contribution in [2.24, 2.45) is 0 Å². The lowest BCUT2D eigenvalue weighted by atomic mass is 10.3. The standard InChI is InChI=1S/C22H32Cl2N8O5/c1-5-36-17(33)9-7-15-27-19(23)31-21(29-15)25-13(3)11-35-12-14(4)26-22-30-16(28-20(24)32-22)8-10-18(34)37-6-2/h13-14H,5-12H2,1-4H3,(H,25,27,29,31)(H,26,28,30,32). The molecule has 2 aromatic heterocycles. The van der Waals surface area contributed by atoms with Crippen molar-refractivity contribution in [3.05, 3.63) is 22.2 Å². The van der Waals surface area contributed by atoms with Gasteiger partial charge in [0.15, 0.2) is 0 Å². The zero-order valence-electron chi connectivity index (χ0n) is 21.3. The summed E-state index contributed by atoms with van der Waals surface area (Å²) < 4.78 is 15.6. The summed E-state index contributed by atoms with van der Waals surface area (Å²) in [5.74, 6) is 0.696. The zero-order valence-corrected chi connectivity index (χ0v) is 22.8. The van der Waals surface area contributed by atoms with E-state index in [9.17, 15) is 9.59 Å². The molecule has 2 N–H and O–H groups in total. The Morgan fingerprint density at radius 2 is 1.14 bits per heavy atom. The van der Waals surface area contributed by atoms with Crippen LogP contribution in [-0.4, -0.2) is 80.4 Å². The van der Waals surface area contributed by atoms with E-state index in [0.717, 1.165) is 0 Å². The Bertz CT molecular complexity index is 953. The highest BCUT2D eigenvalue weighted by atomic mass is 35.5. The second-order valence-electron chi connectivity index (χ2n) is 7.93. The lowest BCUT2D eigenvalue weighted by Crippen LogP contribution is -2.28. The van der Waals surface area contributed by atoms with Gasteiger partial charge in [0.1, 0.15) is 11.6 Å². The molecule has 2 rings (SSSR count). The van der Waals surface area contributed by atoms with Crippen LogP contribution < -0.4 is 10.6 Å². The Morgan fingerprint density at radius 3 is 1.51 bits per heavy atom. The number of aryl methyl sites for hydroxylation is 2. The molecule has 0 radical (unpaired) electrons. The number of nitrogens with zero attached hydrogens (tertiary/aromatic N) is 6. The molecule has 2 heterocycles. The van der Waals surface area contributed by atoms with Gasteiger partial charge < -0.3 is 24.8 Å². The quantitative estimate of drug-likeness (QED) is 0.289. The summed E-state index contributed by atoms with van der Waals surface area (Å²) in [5, 5.41) is 6.28. The summed E-state index contributed by atoms with van der Waals surface area (Å²) in [4.78, 5) is 48.0. The maximum Gasteiger partial charge on any atom is 0.306 e. The molecule has 13 nitrogen and oxygen atoms in total. The first kappa shape index (κ1) is 30.3. The highest BCUT2D eigenvalue weighted by Gasteiger charge is 2.13. The number of hydrogen-bond donors (Lipinski definition) is 2. The molecule has 2 atom stereocenters. The number of carbonyl (C=O) groups excluding carboxylic acids is 2. The molecule has 2 aromatic rings. The molecule has 0 aliphatic heterocycles. The summed E-state index contributed by atoms with van der Waals surface area (Å²) in [7, 11) is 0. The van der Waals surface area contributed by atoms with Gasteiger partial charge in [0.05, 0.1) is 39.3 Å². The third-order valence-corrected chi connectivity index (χ3v) is 4.85. The highest BCUT2D eigenvalue weighted by Crippen LogP contribution is 2.11. The number of esters is 2. The smallest absolute Gasteiger partial charge is 0.306 e. The molecule has 37 heavy (non-hydrogen) atoms. The van der Waals surface area contributed by atoms with E-state index in [-0.39, 0.29) is 72.2 Å². The number of halogens is 2. The number of rotatable bonds is 16. The number of anilines is 2. The fraction of sp³-hybridized carbons (Fsp3) is 0.636. The number of carbonyl (C=O) groups is 2. The number of nitrogens with one attached hydrogen (secondary N) is 2. The Labute approximate surface area is 225 Å². The number of hydrogen-bond acceptors (Lipinski definition) is 13. The van der Waals surface area contributed by atoms with Gasteiger partial charge in [0.2, 0.25) is 22.5 Å². The molecule has 0 aliphatic carbocycles. The van der Waals surface area contributed by atoms with Gasteiger partial charge in [-0.05, 0) is 50.9 Å². The zero-order chi connectivity index (χ0) is 27.2. The number of aromatic nitrogens is 6. The van der Waals surface area contributed by atoms with Crippen molar-refractivity contribution in [2.45, 2.75) is 65.5 Å². The second kappa shape index (κ2) is 16.0. The van der Waals surface area contributed by atoms with Gasteiger partial charge in [0.25, 0.3) is 0 Å². The van der Waals surface area contributed by atoms with Crippen LogP contribution in [0.5, 0.6) is 0 Å². The van der Waals surface area contributed by atoms with Crippen molar-refractivity contribution in [1.82, 2.24) is 29.9 Å². The largest absolute Gasteiger partial charge is 0.466 e. The van der Waals surface area contributed by atoms with Crippen LogP contribution in [0.1, 0.15) is 52.2 Å². The summed E-state index contributed by atoms with van der Waals surface area (Å²) in [6, 6.07) is -0.297. The van der Waals surface area contributed by atoms with Crippen molar-refractivity contribution in [2.75, 3.05) is 37.1 Å². The minimum absolute atomic E-state index is 0.0277. The van der Waals surface area contributed by atoms with Gasteiger partial charge in [-0.1, -0.05) is 0 Å². The number of ether oxygens (including phenoxy) is 3. The van der Waals surface area contributed by atoms with Crippen molar-refractivity contribution in [3.8, 4) is 0 Å². The van der Waals surface area contributed by atoms with Crippen molar-refractivity contribution < 1.29 is 23.8 Å². The molecule has 0 aliphatic rings. The molecule has 15 heteroatoms. The van der Waals surface area contributed by atoms with Crippen LogP contribution in [-0.2, 0) is 36.6 Å². The average Bonchev–Trinajstić information content (AvgIpc) is 2.81. The molecule has 0 spiro atoms. The van der Waals surface area contributed by atoms with Crippen LogP contribution in [0.3, 0.4) is 0 Å². The van der Waals surface area contributed by atoms with E-state index in [4.69, 9.17) is 37.4 Å². The van der Waals surface area contributed by atoms with E-state index >= 15 is 0 Å². The predicted octanol–water partition coefficient (Wildman–Crippen LogP) is 2.67. The van der Waals surface area contributed by atoms with E-state index in [1.165, 1.54) is 0 Å². The summed E-state index contributed by atoms with van der Waals surface area (Å²) >= 11 is 12.0. The highest BCUT2D eigenvalue weighted by molar-refractivity contribution is 6.28. The molecule has 0 saturated heterocycles. The van der Waals surface area contributed by atoms with Crippen LogP contribution in [0.2, 0.25) is 10.6 Å². The monoisotopic (exact) mass is 558 g/mol. The third-order valence-electron chi connectivity index (χ3n) is 4.51. The van der Waals surface area contributed by atoms with Gasteiger partial charge in [-0.25, -0.2) is 9.97 Å². The van der Waals surface area contributed by atoms with Gasteiger partial charge in [0, 0.05) is 24.9 Å². The average molecular weight is 559 g/mol. The van der Waals surface area contributed by atoms with Crippen LogP contribution in [0.4, 0.5) is 11.9 Å². The molecule has 0 amide bonds. The van der Waals surface area contributed by atoms with Crippen LogP contribution in [0.25, 0.3) is 0 Å². The fourth-order valence-electron chi connectivity index (χ4n) is 2.97. The van der Waals surface area contributed by atoms with Crippen molar-refractivity contribution in [1.29, 1.82) is 0 Å². The minimum Gasteiger partial charge on any atom is -0.466 e. The van der Waals surface area contributed by atoms with Crippen LogP contribution in [0.15, 0.2) is 0 Å². The molecule has 2 unspecified atom stereocenters. The molecule has 0 fully saturated rings. The summed E-state index contributed by atoms with van der Waals surface area (Å²) in [6.07, 6.45) is 0.873. The minimum atomic E-state index is -0.328. The van der Waals surface area contributed by atoms with Gasteiger partial charge in [-0.15, -0.1) is 0 Å². The van der Waals surface area contributed by atoms with Crippen LogP contribution in [0, 0.1) is 0 Å². The third kappa shape index (κ3) is 12.3. The lowest BCUT2D eigenvalue weighted by molar-refractivity contribution is -0.144. The van der Waals surface area contributed by atoms with Crippen molar-refractivity contribution >= 4 is 47.0 Å². The second-order valence-corrected chi connectivity index (χ2v) is 8.60. The predicted molar refractivity (Wildman–Crippen MR) is 137 cm³/mol. The van der Waals surface area contributed by atoms with E-state index in [1.807, 2.05) is 13.8 Å². The molecular formula is C22H32Cl2N8O5. The first-order valence-electron chi connectivity index (χ1n) is 11.9. The topological polar surface area (TPSA) is 163 Å². The Morgan fingerprint density at radius 1 is 0.730 bits per heavy atom. The van der Waals surface area contributed by atoms with Crippen molar-refractivity contribution in [3.63, 3.8) is 0 Å². The molecule has 0 bridgehead atoms. The first-order chi connectivity index (χ1) is 17.7. The SMILES string of the molecule is CCOC(=O)CCc1nc(Cl)nc(NC(C)COCC(C)Nc2nc(Cl)nc(CCC(=O)OCC)n2)n1. The van der Waals surface area contributed by atoms with Gasteiger partial charge in [-0.2, -0.15) is 19.9 Å². The summed E-state index contributed by atoms with van der Waals surface area (Å²) in [5.41, 5.74) is 0. The van der Waals surface area contributed by atoms with E-state index in [1.54, 1.807) is 13.8 Å². The molecule has 0 aromatic carbocycles. The maximum absolute atomic E-state index is 11.6. The lowest BCUT2D eigenvalue weighted by Gasteiger charge is -2.18. The normalized spacial score (nSPS) is 12.5. The molecule has 204 valence electrons. The maximum atomic E-state index is 11.6. The first-order valence-corrected chi connectivity index (χ1v) is 12.7. The van der Waals surface area contributed by atoms with Crippen LogP contribution >= 0.6 is 23.2 Å². The Balaban J connectivity index is 1.79. The summed E-state index contributed by atoms with van der Waals surface area (Å²) in [6.45, 7) is 8.61. The van der Waals surface area contributed by atoms with E-state index in [2.05, 4.69) is 40.5 Å².